The molecule has 0 fully saturated rings. The summed E-state index contributed by atoms with van der Waals surface area (Å²) in [6.45, 7) is 3.69. The molecule has 1 aliphatic heterocycles. The van der Waals surface area contributed by atoms with Crippen LogP contribution in [0.2, 0.25) is 0 Å². The van der Waals surface area contributed by atoms with E-state index in [-0.39, 0.29) is 17.9 Å². The minimum absolute atomic E-state index is 0.171. The van der Waals surface area contributed by atoms with E-state index in [4.69, 9.17) is 4.42 Å². The number of hydrogen-bond acceptors (Lipinski definition) is 4. The van der Waals surface area contributed by atoms with Gasteiger partial charge in [0.2, 0.25) is 0 Å². The molecule has 0 N–H and O–H groups in total. The summed E-state index contributed by atoms with van der Waals surface area (Å²) >= 11 is 1.35. The van der Waals surface area contributed by atoms with Crippen LogP contribution < -0.4 is 0 Å². The van der Waals surface area contributed by atoms with Crippen LogP contribution >= 0.6 is 11.8 Å². The van der Waals surface area contributed by atoms with Crippen LogP contribution in [0.5, 0.6) is 0 Å². The van der Waals surface area contributed by atoms with Crippen LogP contribution in [0.25, 0.3) is 5.57 Å². The smallest absolute Gasteiger partial charge is 0.268 e. The second-order valence-corrected chi connectivity index (χ2v) is 6.50. The van der Waals surface area contributed by atoms with E-state index in [0.717, 1.165) is 11.3 Å². The second-order valence-electron chi connectivity index (χ2n) is 5.51. The molecule has 1 aromatic carbocycles. The van der Waals surface area contributed by atoms with Crippen molar-refractivity contribution in [1.29, 1.82) is 0 Å². The highest BCUT2D eigenvalue weighted by atomic mass is 32.2. The summed E-state index contributed by atoms with van der Waals surface area (Å²) in [5, 5.41) is 0. The molecule has 2 aromatic rings. The van der Waals surface area contributed by atoms with Gasteiger partial charge in [-0.1, -0.05) is 30.3 Å². The molecule has 5 heteroatoms. The Labute approximate surface area is 139 Å². The molecule has 1 aromatic heterocycles. The fourth-order valence-electron chi connectivity index (χ4n) is 2.53. The summed E-state index contributed by atoms with van der Waals surface area (Å²) in [6, 6.07) is 12.8. The van der Waals surface area contributed by atoms with Crippen LogP contribution in [0.1, 0.15) is 25.2 Å². The van der Waals surface area contributed by atoms with Gasteiger partial charge in [-0.3, -0.25) is 14.5 Å². The van der Waals surface area contributed by atoms with Crippen LogP contribution in [0.15, 0.2) is 58.1 Å². The first kappa shape index (κ1) is 15.6. The maximum absolute atomic E-state index is 12.7. The minimum Gasteiger partial charge on any atom is -0.468 e. The number of benzene rings is 1. The van der Waals surface area contributed by atoms with Gasteiger partial charge in [0.25, 0.3) is 11.8 Å². The summed E-state index contributed by atoms with van der Waals surface area (Å²) < 4.78 is 5.32. The van der Waals surface area contributed by atoms with Gasteiger partial charge >= 0.3 is 0 Å². The highest BCUT2D eigenvalue weighted by molar-refractivity contribution is 8.03. The monoisotopic (exact) mass is 327 g/mol. The topological polar surface area (TPSA) is 50.5 Å². The van der Waals surface area contributed by atoms with Crippen molar-refractivity contribution in [1.82, 2.24) is 4.90 Å². The SMILES string of the molecule is CC(C)N1C(=O)C(SCc2ccco2)=C(c2ccccc2)C1=O. The van der Waals surface area contributed by atoms with Gasteiger partial charge in [-0.15, -0.1) is 11.8 Å². The molecular weight excluding hydrogens is 310 g/mol. The zero-order valence-corrected chi connectivity index (χ0v) is 13.8. The van der Waals surface area contributed by atoms with Crippen LogP contribution in [0.4, 0.5) is 0 Å². The van der Waals surface area contributed by atoms with Crippen LogP contribution in [0.3, 0.4) is 0 Å². The van der Waals surface area contributed by atoms with Crippen LogP contribution in [-0.2, 0) is 15.3 Å². The quantitative estimate of drug-likeness (QED) is 0.786. The van der Waals surface area contributed by atoms with E-state index < -0.39 is 0 Å². The molecule has 0 saturated heterocycles. The molecule has 23 heavy (non-hydrogen) atoms. The number of nitrogens with zero attached hydrogens (tertiary/aromatic N) is 1. The third kappa shape index (κ3) is 2.97. The molecule has 2 heterocycles. The number of thioether (sulfide) groups is 1. The predicted octanol–water partition coefficient (Wildman–Crippen LogP) is 3.70. The van der Waals surface area contributed by atoms with Crippen molar-refractivity contribution in [3.8, 4) is 0 Å². The van der Waals surface area contributed by atoms with Crippen molar-refractivity contribution >= 4 is 29.1 Å². The van der Waals surface area contributed by atoms with Crippen LogP contribution in [0, 0.1) is 0 Å². The lowest BCUT2D eigenvalue weighted by molar-refractivity contribution is -0.138. The van der Waals surface area contributed by atoms with Crippen molar-refractivity contribution in [3.05, 3.63) is 65.0 Å². The summed E-state index contributed by atoms with van der Waals surface area (Å²) in [6.07, 6.45) is 1.60. The number of imide groups is 1. The average Bonchev–Trinajstić information content (AvgIpc) is 3.12. The first-order valence-corrected chi connectivity index (χ1v) is 8.41. The third-order valence-electron chi connectivity index (χ3n) is 3.59. The fraction of sp³-hybridized carbons (Fsp3) is 0.222. The number of furan rings is 1. The number of rotatable bonds is 5. The molecule has 0 bridgehead atoms. The Balaban J connectivity index is 1.98. The van der Waals surface area contributed by atoms with Gasteiger partial charge in [-0.05, 0) is 31.5 Å². The number of carbonyl (C=O) groups excluding carboxylic acids is 2. The zero-order valence-electron chi connectivity index (χ0n) is 13.0. The van der Waals surface area contributed by atoms with E-state index >= 15 is 0 Å². The first-order chi connectivity index (χ1) is 11.1. The lowest BCUT2D eigenvalue weighted by Gasteiger charge is -2.19. The zero-order chi connectivity index (χ0) is 16.4. The Hall–Kier alpha value is -2.27. The molecule has 4 nitrogen and oxygen atoms in total. The van der Waals surface area contributed by atoms with Gasteiger partial charge in [0.05, 0.1) is 22.5 Å². The van der Waals surface area contributed by atoms with Crippen molar-refractivity contribution in [3.63, 3.8) is 0 Å². The highest BCUT2D eigenvalue weighted by Crippen LogP contribution is 2.38. The Morgan fingerprint density at radius 3 is 2.39 bits per heavy atom. The molecule has 3 rings (SSSR count). The predicted molar refractivity (Wildman–Crippen MR) is 90.4 cm³/mol. The summed E-state index contributed by atoms with van der Waals surface area (Å²) in [7, 11) is 0. The van der Waals surface area contributed by atoms with Crippen LogP contribution in [-0.4, -0.2) is 22.8 Å². The van der Waals surface area contributed by atoms with Gasteiger partial charge in [0.1, 0.15) is 5.76 Å². The molecule has 1 aliphatic rings. The molecule has 0 unspecified atom stereocenters. The van der Waals surface area contributed by atoms with Gasteiger partial charge in [0, 0.05) is 6.04 Å². The van der Waals surface area contributed by atoms with Crippen molar-refractivity contribution in [2.24, 2.45) is 0 Å². The molecule has 2 amide bonds. The molecule has 0 spiro atoms. The van der Waals surface area contributed by atoms with Gasteiger partial charge in [0.15, 0.2) is 0 Å². The molecule has 0 atom stereocenters. The summed E-state index contributed by atoms with van der Waals surface area (Å²) in [5.74, 6) is 0.848. The van der Waals surface area contributed by atoms with Gasteiger partial charge < -0.3 is 4.42 Å². The molecular formula is C18H17NO3S. The second kappa shape index (κ2) is 6.46. The van der Waals surface area contributed by atoms with E-state index in [1.165, 1.54) is 16.7 Å². The maximum Gasteiger partial charge on any atom is 0.268 e. The normalized spacial score (nSPS) is 15.2. The number of carbonyl (C=O) groups is 2. The molecule has 118 valence electrons. The lowest BCUT2D eigenvalue weighted by atomic mass is 10.1. The van der Waals surface area contributed by atoms with Gasteiger partial charge in [-0.2, -0.15) is 0 Å². The Morgan fingerprint density at radius 1 is 1.04 bits per heavy atom. The van der Waals surface area contributed by atoms with E-state index in [1.54, 1.807) is 6.26 Å². The third-order valence-corrected chi connectivity index (χ3v) is 4.69. The molecule has 0 saturated carbocycles. The Bertz CT molecular complexity index is 748. The average molecular weight is 327 g/mol. The molecule has 0 aliphatic carbocycles. The number of amides is 2. The largest absolute Gasteiger partial charge is 0.468 e. The van der Waals surface area contributed by atoms with E-state index in [1.807, 2.05) is 56.3 Å². The number of hydrogen-bond donors (Lipinski definition) is 0. The Kier molecular flexibility index (Phi) is 4.39. The summed E-state index contributed by atoms with van der Waals surface area (Å²) in [5.41, 5.74) is 1.26. The lowest BCUT2D eigenvalue weighted by Crippen LogP contribution is -2.37. The highest BCUT2D eigenvalue weighted by Gasteiger charge is 2.40. The Morgan fingerprint density at radius 2 is 1.78 bits per heavy atom. The first-order valence-electron chi connectivity index (χ1n) is 7.42. The standard InChI is InChI=1S/C18H17NO3S/c1-12(2)19-17(20)15(13-7-4-3-5-8-13)16(18(19)21)23-11-14-9-6-10-22-14/h3-10,12H,11H2,1-2H3. The van der Waals surface area contributed by atoms with Crippen molar-refractivity contribution in [2.75, 3.05) is 0 Å². The van der Waals surface area contributed by atoms with Crippen molar-refractivity contribution < 1.29 is 14.0 Å². The van der Waals surface area contributed by atoms with E-state index in [9.17, 15) is 9.59 Å². The summed E-state index contributed by atoms with van der Waals surface area (Å²) in [4.78, 5) is 27.3. The van der Waals surface area contributed by atoms with Gasteiger partial charge in [-0.25, -0.2) is 0 Å². The minimum atomic E-state index is -0.224. The van der Waals surface area contributed by atoms with E-state index in [0.29, 0.717) is 16.2 Å². The maximum atomic E-state index is 12.7. The van der Waals surface area contributed by atoms with E-state index in [2.05, 4.69) is 0 Å². The van der Waals surface area contributed by atoms with Crippen molar-refractivity contribution in [2.45, 2.75) is 25.6 Å². The fourth-order valence-corrected chi connectivity index (χ4v) is 3.55. The molecule has 0 radical (unpaired) electrons.